The second-order valence-electron chi connectivity index (χ2n) is 5.31. The normalized spacial score (nSPS) is 12.5. The van der Waals surface area contributed by atoms with Crippen LogP contribution < -0.4 is 15.3 Å². The van der Waals surface area contributed by atoms with E-state index in [2.05, 4.69) is 44.8 Å². The van der Waals surface area contributed by atoms with Crippen molar-refractivity contribution in [2.75, 3.05) is 17.3 Å². The molecule has 0 aromatic carbocycles. The van der Waals surface area contributed by atoms with Gasteiger partial charge in [0.2, 0.25) is 0 Å². The topological polar surface area (TPSA) is 120 Å². The third-order valence-electron chi connectivity index (χ3n) is 2.56. The maximum absolute atomic E-state index is 9.77. The van der Waals surface area contributed by atoms with E-state index in [0.717, 1.165) is 0 Å². The van der Waals surface area contributed by atoms with E-state index in [0.29, 0.717) is 17.3 Å². The summed E-state index contributed by atoms with van der Waals surface area (Å²) in [6.07, 6.45) is 2.80. The second kappa shape index (κ2) is 25.3. The van der Waals surface area contributed by atoms with Crippen molar-refractivity contribution in [2.45, 2.75) is 45.0 Å². The van der Waals surface area contributed by atoms with E-state index in [1.165, 1.54) is 17.3 Å². The molecule has 0 rings (SSSR count). The summed E-state index contributed by atoms with van der Waals surface area (Å²) in [5.41, 5.74) is 0. The molecule has 6 nitrogen and oxygen atoms in total. The minimum absolute atomic E-state index is 0.350. The Bertz CT molecular complexity index is 309. The quantitative estimate of drug-likeness (QED) is 0.280. The summed E-state index contributed by atoms with van der Waals surface area (Å²) in [6, 6.07) is 0. The molecule has 0 aliphatic carbocycles. The Morgan fingerprint density at radius 3 is 1.00 bits per heavy atom. The third kappa shape index (κ3) is 32.0. The molecule has 3 unspecified atom stereocenters. The number of hydrogen-bond donors (Lipinski definition) is 3. The van der Waals surface area contributed by atoms with Gasteiger partial charge < -0.3 is 29.7 Å². The number of rotatable bonds is 8. The molecule has 0 aliphatic rings. The van der Waals surface area contributed by atoms with Crippen LogP contribution in [0.5, 0.6) is 0 Å². The molecule has 10 heteroatoms. The second-order valence-corrected chi connectivity index (χ2v) is 7.83. The van der Waals surface area contributed by atoms with Crippen molar-refractivity contribution in [3.63, 3.8) is 0 Å². The first kappa shape index (κ1) is 33.8. The van der Waals surface area contributed by atoms with Gasteiger partial charge in [0, 0.05) is 35.7 Å². The van der Waals surface area contributed by atoms with Crippen LogP contribution in [0.2, 0.25) is 4.44 Å². The van der Waals surface area contributed by atoms with Crippen molar-refractivity contribution in [1.82, 2.24) is 0 Å². The van der Waals surface area contributed by atoms with Gasteiger partial charge in [0.1, 0.15) is 0 Å². The van der Waals surface area contributed by atoms with E-state index in [1.54, 1.807) is 43.3 Å². The van der Waals surface area contributed by atoms with Gasteiger partial charge in [0.15, 0.2) is 0 Å². The zero-order chi connectivity index (χ0) is 21.7. The number of carbonyl (C=O) groups excluding carboxylic acids is 3. The Hall–Kier alpha value is 0.259. The van der Waals surface area contributed by atoms with Gasteiger partial charge in [-0.2, -0.15) is 37.9 Å². The monoisotopic (exact) mass is 534 g/mol. The fourth-order valence-electron chi connectivity index (χ4n) is 0.400. The summed E-state index contributed by atoms with van der Waals surface area (Å²) in [5, 5.41) is 29.3. The number of hydrogen-bond acceptors (Lipinski definition) is 9. The van der Waals surface area contributed by atoms with E-state index in [1.807, 2.05) is 0 Å². The molecule has 152 valence electrons. The molecule has 0 aromatic rings. The predicted octanol–water partition coefficient (Wildman–Crippen LogP) is -0.720. The fourth-order valence-corrected chi connectivity index (χ4v) is 1.86. The van der Waals surface area contributed by atoms with Crippen LogP contribution in [0.15, 0.2) is 0 Å². The molecule has 0 aromatic heterocycles. The standard InChI is InChI=1S/3C4H8O2S.C4H9.Sn/c3*1-3(2-7)4(5)6;1-3-4-2;/h3*3,7H,2H2,1H3,(H,5,6);1,3-4H2,2H3;/q;;;;+3/p-3. The van der Waals surface area contributed by atoms with Crippen molar-refractivity contribution in [2.24, 2.45) is 17.8 Å². The van der Waals surface area contributed by atoms with Crippen LogP contribution in [0, 0.1) is 17.8 Å². The molecule has 0 radical (unpaired) electrons. The molecule has 0 amide bonds. The van der Waals surface area contributed by atoms with E-state index in [9.17, 15) is 29.7 Å². The van der Waals surface area contributed by atoms with Crippen LogP contribution in [0.25, 0.3) is 0 Å². The number of thiol groups is 3. The molecule has 0 fully saturated rings. The SMILES string of the molecule is CC(CS)C(=O)[O-].CC(CS)C(=O)[O-].CC(CS)C(=O)[O-].CCC[CH2][Sn+3]. The zero-order valence-corrected chi connectivity index (χ0v) is 21.3. The Labute approximate surface area is 187 Å². The van der Waals surface area contributed by atoms with Crippen LogP contribution >= 0.6 is 37.9 Å². The number of carboxylic acid groups (broad SMARTS) is 3. The molecule has 0 spiro atoms. The van der Waals surface area contributed by atoms with Crippen molar-refractivity contribution in [1.29, 1.82) is 0 Å². The van der Waals surface area contributed by atoms with E-state index >= 15 is 0 Å². The molecule has 0 saturated carbocycles. The Balaban J connectivity index is -0.000000125. The summed E-state index contributed by atoms with van der Waals surface area (Å²) in [5.74, 6) is -3.33. The fraction of sp³-hybridized carbons (Fsp3) is 0.812. The average molecular weight is 533 g/mol. The Morgan fingerprint density at radius 1 is 0.769 bits per heavy atom. The minimum atomic E-state index is -1.03. The summed E-state index contributed by atoms with van der Waals surface area (Å²) in [7, 11) is 0. The number of unbranched alkanes of at least 4 members (excludes halogenated alkanes) is 1. The van der Waals surface area contributed by atoms with Gasteiger partial charge in [-0.05, 0) is 17.3 Å². The summed E-state index contributed by atoms with van der Waals surface area (Å²) < 4.78 is 1.43. The van der Waals surface area contributed by atoms with Crippen LogP contribution in [0.1, 0.15) is 40.5 Å². The molecule has 26 heavy (non-hydrogen) atoms. The molecule has 0 N–H and O–H groups in total. The van der Waals surface area contributed by atoms with Gasteiger partial charge in [0.25, 0.3) is 0 Å². The van der Waals surface area contributed by atoms with Crippen molar-refractivity contribution in [3.8, 4) is 0 Å². The number of carboxylic acids is 3. The van der Waals surface area contributed by atoms with E-state index in [4.69, 9.17) is 0 Å². The molecule has 0 heterocycles. The van der Waals surface area contributed by atoms with Gasteiger partial charge in [-0.25, -0.2) is 0 Å². The van der Waals surface area contributed by atoms with Crippen LogP contribution in [-0.4, -0.2) is 57.7 Å². The van der Waals surface area contributed by atoms with Gasteiger partial charge >= 0.3 is 46.7 Å². The first-order valence-corrected chi connectivity index (χ1v) is 12.0. The Kier molecular flexibility index (Phi) is 32.8. The van der Waals surface area contributed by atoms with E-state index < -0.39 is 35.7 Å². The number of aliphatic carboxylic acids is 3. The maximum atomic E-state index is 9.77. The first-order chi connectivity index (χ1) is 12.0. The van der Waals surface area contributed by atoms with Crippen molar-refractivity contribution < 1.29 is 29.7 Å². The molecule has 0 aliphatic heterocycles. The first-order valence-electron chi connectivity index (χ1n) is 8.06. The third-order valence-corrected chi connectivity index (χ3v) is 5.21. The summed E-state index contributed by atoms with van der Waals surface area (Å²) in [4.78, 5) is 29.3. The van der Waals surface area contributed by atoms with Crippen LogP contribution in [0.3, 0.4) is 0 Å². The Morgan fingerprint density at radius 2 is 1.00 bits per heavy atom. The summed E-state index contributed by atoms with van der Waals surface area (Å²) in [6.45, 7) is 6.90. The van der Waals surface area contributed by atoms with Crippen LogP contribution in [0.4, 0.5) is 0 Å². The molecule has 0 bridgehead atoms. The zero-order valence-electron chi connectivity index (χ0n) is 15.8. The van der Waals surface area contributed by atoms with Gasteiger partial charge in [0.05, 0.1) is 0 Å². The van der Waals surface area contributed by atoms with Crippen molar-refractivity contribution >= 4 is 78.3 Å². The molecular weight excluding hydrogens is 503 g/mol. The average Bonchev–Trinajstić information content (AvgIpc) is 2.61. The molecular formula is C16H30O6S3Sn. The number of carbonyl (C=O) groups is 3. The van der Waals surface area contributed by atoms with Gasteiger partial charge in [-0.1, -0.05) is 20.8 Å². The van der Waals surface area contributed by atoms with Crippen LogP contribution in [-0.2, 0) is 14.4 Å². The van der Waals surface area contributed by atoms with Gasteiger partial charge in [-0.15, -0.1) is 0 Å². The molecule has 0 saturated heterocycles. The van der Waals surface area contributed by atoms with E-state index in [-0.39, 0.29) is 0 Å². The molecule has 3 atom stereocenters. The summed E-state index contributed by atoms with van der Waals surface area (Å²) >= 11 is 12.9. The predicted molar refractivity (Wildman–Crippen MR) is 110 cm³/mol. The van der Waals surface area contributed by atoms with Crippen molar-refractivity contribution in [3.05, 3.63) is 0 Å². The van der Waals surface area contributed by atoms with Gasteiger partial charge in [-0.3, -0.25) is 0 Å².